The van der Waals surface area contributed by atoms with Crippen LogP contribution in [0.3, 0.4) is 0 Å². The Morgan fingerprint density at radius 1 is 1.19 bits per heavy atom. The van der Waals surface area contributed by atoms with E-state index in [1.807, 2.05) is 0 Å². The lowest BCUT2D eigenvalue weighted by Crippen LogP contribution is -2.24. The van der Waals surface area contributed by atoms with Gasteiger partial charge in [0.25, 0.3) is 12.0 Å². The Morgan fingerprint density at radius 3 is 2.62 bits per heavy atom. The maximum atomic E-state index is 12.2. The molecule has 1 unspecified atom stereocenters. The lowest BCUT2D eigenvalue weighted by molar-refractivity contribution is -0.384. The fraction of sp³-hybridized carbons (Fsp3) is 0.0588. The molecule has 0 aromatic heterocycles. The van der Waals surface area contributed by atoms with E-state index in [0.29, 0.717) is 0 Å². The van der Waals surface area contributed by atoms with Crippen LogP contribution >= 0.6 is 11.6 Å². The number of hydrogen-bond acceptors (Lipinski definition) is 7. The summed E-state index contributed by atoms with van der Waals surface area (Å²) in [5.74, 6) is -1.58. The van der Waals surface area contributed by atoms with Crippen molar-refractivity contribution in [1.82, 2.24) is 0 Å². The number of nitro benzene ring substituents is 1. The molecule has 0 saturated heterocycles. The van der Waals surface area contributed by atoms with Crippen LogP contribution < -0.4 is 5.32 Å². The van der Waals surface area contributed by atoms with E-state index in [9.17, 15) is 19.7 Å². The second-order valence-corrected chi connectivity index (χ2v) is 5.55. The average Bonchev–Trinajstić information content (AvgIpc) is 2.90. The van der Waals surface area contributed by atoms with E-state index >= 15 is 0 Å². The van der Waals surface area contributed by atoms with Gasteiger partial charge in [0.15, 0.2) is 5.03 Å². The zero-order valence-corrected chi connectivity index (χ0v) is 13.8. The van der Waals surface area contributed by atoms with Crippen LogP contribution in [0.5, 0.6) is 0 Å². The van der Waals surface area contributed by atoms with Crippen LogP contribution in [0, 0.1) is 10.1 Å². The first-order valence-electron chi connectivity index (χ1n) is 7.34. The molecule has 0 fully saturated rings. The molecular formula is C17H11ClN2O6. The molecule has 2 aromatic carbocycles. The molecule has 1 N–H and O–H groups in total. The quantitative estimate of drug-likeness (QED) is 0.486. The van der Waals surface area contributed by atoms with E-state index < -0.39 is 23.2 Å². The molecule has 2 aromatic rings. The molecule has 0 amide bonds. The van der Waals surface area contributed by atoms with Crippen molar-refractivity contribution in [2.45, 2.75) is 6.29 Å². The average molecular weight is 375 g/mol. The summed E-state index contributed by atoms with van der Waals surface area (Å²) in [6.45, 7) is 0. The monoisotopic (exact) mass is 374 g/mol. The van der Waals surface area contributed by atoms with Gasteiger partial charge < -0.3 is 14.8 Å². The van der Waals surface area contributed by atoms with E-state index in [1.54, 1.807) is 18.2 Å². The Labute approximate surface area is 152 Å². The zero-order valence-electron chi connectivity index (χ0n) is 13.0. The number of carbonyl (C=O) groups excluding carboxylic acids is 2. The van der Waals surface area contributed by atoms with Crippen molar-refractivity contribution < 1.29 is 24.0 Å². The van der Waals surface area contributed by atoms with Gasteiger partial charge in [0.1, 0.15) is 5.70 Å². The van der Waals surface area contributed by atoms with Crippen molar-refractivity contribution in [3.63, 3.8) is 0 Å². The van der Waals surface area contributed by atoms with Gasteiger partial charge in [-0.25, -0.2) is 9.59 Å². The number of benzene rings is 2. The molecule has 0 saturated carbocycles. The molecule has 0 bridgehead atoms. The van der Waals surface area contributed by atoms with Crippen molar-refractivity contribution >= 4 is 34.9 Å². The molecule has 9 heteroatoms. The van der Waals surface area contributed by atoms with Gasteiger partial charge >= 0.3 is 11.9 Å². The number of rotatable bonds is 5. The Kier molecular flexibility index (Phi) is 4.85. The van der Waals surface area contributed by atoms with Crippen LogP contribution in [-0.4, -0.2) is 23.2 Å². The molecule has 0 aliphatic carbocycles. The summed E-state index contributed by atoms with van der Waals surface area (Å²) in [5.41, 5.74) is 0.379. The molecule has 1 atom stereocenters. The smallest absolute Gasteiger partial charge is 0.355 e. The number of non-ortho nitro benzene ring substituents is 1. The number of nitrogens with zero attached hydrogens (tertiary/aromatic N) is 1. The lowest BCUT2D eigenvalue weighted by atomic mass is 10.2. The lowest BCUT2D eigenvalue weighted by Gasteiger charge is -2.16. The van der Waals surface area contributed by atoms with E-state index in [-0.39, 0.29) is 27.7 Å². The van der Waals surface area contributed by atoms with Crippen molar-refractivity contribution in [2.75, 3.05) is 5.32 Å². The first-order chi connectivity index (χ1) is 12.5. The number of nitrogens with one attached hydrogen (secondary N) is 1. The summed E-state index contributed by atoms with van der Waals surface area (Å²) in [7, 11) is 0. The number of anilines is 1. The standard InChI is InChI=1S/C17H11ClN2O6/c18-13-14(19-11-7-4-8-12(9-11)20(23)24)17(26-16(13)22)25-15(21)10-5-2-1-3-6-10/h1-9,17,19H. The number of ether oxygens (including phenoxy) is 2. The number of halogens is 1. The van der Waals surface area contributed by atoms with Crippen molar-refractivity contribution in [2.24, 2.45) is 0 Å². The molecule has 1 aliphatic heterocycles. The Morgan fingerprint density at radius 2 is 1.92 bits per heavy atom. The third kappa shape index (κ3) is 3.65. The minimum Gasteiger partial charge on any atom is -0.415 e. The number of hydrogen-bond donors (Lipinski definition) is 1. The maximum Gasteiger partial charge on any atom is 0.355 e. The normalized spacial score (nSPS) is 16.2. The summed E-state index contributed by atoms with van der Waals surface area (Å²) in [6, 6.07) is 13.7. The van der Waals surface area contributed by atoms with Gasteiger partial charge in [0, 0.05) is 17.8 Å². The Balaban J connectivity index is 1.81. The summed E-state index contributed by atoms with van der Waals surface area (Å²) in [4.78, 5) is 34.2. The number of esters is 2. The largest absolute Gasteiger partial charge is 0.415 e. The summed E-state index contributed by atoms with van der Waals surface area (Å²) in [6.07, 6.45) is -1.39. The third-order valence-electron chi connectivity index (χ3n) is 3.43. The molecule has 26 heavy (non-hydrogen) atoms. The van der Waals surface area contributed by atoms with Gasteiger partial charge in [-0.05, 0) is 18.2 Å². The van der Waals surface area contributed by atoms with Crippen LogP contribution in [0.1, 0.15) is 10.4 Å². The first-order valence-corrected chi connectivity index (χ1v) is 7.71. The van der Waals surface area contributed by atoms with Crippen molar-refractivity contribution in [3.05, 3.63) is 81.0 Å². The minimum absolute atomic E-state index is 0.0126. The topological polar surface area (TPSA) is 108 Å². The predicted molar refractivity (Wildman–Crippen MR) is 91.3 cm³/mol. The van der Waals surface area contributed by atoms with Crippen molar-refractivity contribution in [1.29, 1.82) is 0 Å². The number of nitro groups is 1. The highest BCUT2D eigenvalue weighted by atomic mass is 35.5. The molecule has 132 valence electrons. The molecule has 1 heterocycles. The first kappa shape index (κ1) is 17.4. The molecule has 8 nitrogen and oxygen atoms in total. The Hall–Kier alpha value is -3.39. The zero-order chi connectivity index (χ0) is 18.7. The molecule has 1 aliphatic rings. The SMILES string of the molecule is O=C1OC(OC(=O)c2ccccc2)C(Nc2cccc([N+](=O)[O-])c2)=C1Cl. The van der Waals surface area contributed by atoms with Gasteiger partial charge in [-0.1, -0.05) is 35.9 Å². The van der Waals surface area contributed by atoms with Gasteiger partial charge in [-0.15, -0.1) is 0 Å². The van der Waals surface area contributed by atoms with Crippen LogP contribution in [0.2, 0.25) is 0 Å². The van der Waals surface area contributed by atoms with Gasteiger partial charge in [-0.3, -0.25) is 10.1 Å². The van der Waals surface area contributed by atoms with E-state index in [4.69, 9.17) is 21.1 Å². The van der Waals surface area contributed by atoms with Crippen molar-refractivity contribution in [3.8, 4) is 0 Å². The highest BCUT2D eigenvalue weighted by molar-refractivity contribution is 6.42. The summed E-state index contributed by atoms with van der Waals surface area (Å²) < 4.78 is 10.1. The third-order valence-corrected chi connectivity index (χ3v) is 3.78. The molecule has 0 radical (unpaired) electrons. The van der Waals surface area contributed by atoms with Crippen LogP contribution in [0.4, 0.5) is 11.4 Å². The fourth-order valence-electron chi connectivity index (χ4n) is 2.21. The maximum absolute atomic E-state index is 12.2. The van der Waals surface area contributed by atoms with Gasteiger partial charge in [0.2, 0.25) is 0 Å². The summed E-state index contributed by atoms with van der Waals surface area (Å²) in [5, 5.41) is 13.3. The Bertz CT molecular complexity index is 912. The predicted octanol–water partition coefficient (Wildman–Crippen LogP) is 3.20. The second kappa shape index (κ2) is 7.24. The highest BCUT2D eigenvalue weighted by Crippen LogP contribution is 2.29. The van der Waals surface area contributed by atoms with E-state index in [1.165, 1.54) is 36.4 Å². The second-order valence-electron chi connectivity index (χ2n) is 5.17. The van der Waals surface area contributed by atoms with Crippen LogP contribution in [-0.2, 0) is 14.3 Å². The summed E-state index contributed by atoms with van der Waals surface area (Å²) >= 11 is 5.92. The minimum atomic E-state index is -1.39. The van der Waals surface area contributed by atoms with Crippen LogP contribution in [0.25, 0.3) is 0 Å². The number of cyclic esters (lactones) is 1. The van der Waals surface area contributed by atoms with Gasteiger partial charge in [0.05, 0.1) is 10.5 Å². The molecule has 0 spiro atoms. The van der Waals surface area contributed by atoms with Gasteiger partial charge in [-0.2, -0.15) is 0 Å². The molecular weight excluding hydrogens is 364 g/mol. The fourth-order valence-corrected chi connectivity index (χ4v) is 2.39. The highest BCUT2D eigenvalue weighted by Gasteiger charge is 2.36. The van der Waals surface area contributed by atoms with E-state index in [0.717, 1.165) is 0 Å². The number of carbonyl (C=O) groups is 2. The van der Waals surface area contributed by atoms with E-state index in [2.05, 4.69) is 5.32 Å². The van der Waals surface area contributed by atoms with Crippen LogP contribution in [0.15, 0.2) is 65.3 Å². The molecule has 3 rings (SSSR count).